The van der Waals surface area contributed by atoms with E-state index in [9.17, 15) is 4.79 Å². The molecule has 2 atom stereocenters. The second-order valence-corrected chi connectivity index (χ2v) is 6.07. The maximum atomic E-state index is 13.0. The van der Waals surface area contributed by atoms with Crippen molar-refractivity contribution in [3.63, 3.8) is 0 Å². The highest BCUT2D eigenvalue weighted by atomic mass is 16.5. The molecule has 0 aliphatic heterocycles. The summed E-state index contributed by atoms with van der Waals surface area (Å²) in [5.41, 5.74) is 1.73. The molecule has 0 aliphatic carbocycles. The van der Waals surface area contributed by atoms with Crippen LogP contribution in [0.5, 0.6) is 0 Å². The van der Waals surface area contributed by atoms with Gasteiger partial charge in [-0.15, -0.1) is 13.2 Å². The SMILES string of the molecule is C=CCCC[C@@H](C=C)[C@H](OCc1ccccc1)C(=O)c1ccccc1. The Balaban J connectivity index is 2.15. The first-order valence-corrected chi connectivity index (χ1v) is 8.74. The fourth-order valence-corrected chi connectivity index (χ4v) is 2.81. The van der Waals surface area contributed by atoms with E-state index in [0.29, 0.717) is 12.2 Å². The second-order valence-electron chi connectivity index (χ2n) is 6.07. The Bertz CT molecular complexity index is 661. The molecule has 2 heteroatoms. The minimum Gasteiger partial charge on any atom is -0.365 e. The van der Waals surface area contributed by atoms with Gasteiger partial charge in [0, 0.05) is 11.5 Å². The molecule has 0 spiro atoms. The van der Waals surface area contributed by atoms with Gasteiger partial charge >= 0.3 is 0 Å². The van der Waals surface area contributed by atoms with Crippen LogP contribution in [-0.2, 0) is 11.3 Å². The van der Waals surface area contributed by atoms with Gasteiger partial charge in [-0.3, -0.25) is 4.79 Å². The van der Waals surface area contributed by atoms with Crippen molar-refractivity contribution in [3.05, 3.63) is 97.1 Å². The molecule has 0 N–H and O–H groups in total. The van der Waals surface area contributed by atoms with Gasteiger partial charge in [-0.05, 0) is 24.8 Å². The van der Waals surface area contributed by atoms with E-state index < -0.39 is 6.10 Å². The summed E-state index contributed by atoms with van der Waals surface area (Å²) in [4.78, 5) is 13.0. The molecule has 2 aromatic rings. The van der Waals surface area contributed by atoms with Gasteiger partial charge in [0.2, 0.25) is 0 Å². The van der Waals surface area contributed by atoms with E-state index in [1.807, 2.05) is 72.8 Å². The minimum atomic E-state index is -0.523. The van der Waals surface area contributed by atoms with Gasteiger partial charge in [-0.1, -0.05) is 72.8 Å². The average Bonchev–Trinajstić information content (AvgIpc) is 2.68. The highest BCUT2D eigenvalue weighted by Crippen LogP contribution is 2.22. The molecule has 0 radical (unpaired) electrons. The van der Waals surface area contributed by atoms with Gasteiger partial charge in [0.15, 0.2) is 5.78 Å². The summed E-state index contributed by atoms with van der Waals surface area (Å²) in [6.45, 7) is 8.11. The van der Waals surface area contributed by atoms with Crippen LogP contribution in [0, 0.1) is 5.92 Å². The molecule has 0 saturated heterocycles. The molecular formula is C23H26O2. The Morgan fingerprint density at radius 2 is 1.64 bits per heavy atom. The molecule has 2 aromatic carbocycles. The summed E-state index contributed by atoms with van der Waals surface area (Å²) in [6, 6.07) is 19.3. The molecule has 0 bridgehead atoms. The first-order valence-electron chi connectivity index (χ1n) is 8.74. The highest BCUT2D eigenvalue weighted by molar-refractivity contribution is 5.99. The zero-order valence-electron chi connectivity index (χ0n) is 14.6. The number of hydrogen-bond donors (Lipinski definition) is 0. The topological polar surface area (TPSA) is 26.3 Å². The highest BCUT2D eigenvalue weighted by Gasteiger charge is 2.27. The molecule has 0 aliphatic rings. The lowest BCUT2D eigenvalue weighted by molar-refractivity contribution is 0.0152. The number of benzene rings is 2. The third kappa shape index (κ3) is 5.84. The van der Waals surface area contributed by atoms with Crippen molar-refractivity contribution in [2.75, 3.05) is 0 Å². The Hall–Kier alpha value is -2.45. The number of allylic oxidation sites excluding steroid dienone is 1. The van der Waals surface area contributed by atoms with Crippen molar-refractivity contribution in [1.29, 1.82) is 0 Å². The molecule has 0 aromatic heterocycles. The van der Waals surface area contributed by atoms with Crippen molar-refractivity contribution < 1.29 is 9.53 Å². The number of unbranched alkanes of at least 4 members (excludes halogenated alkanes) is 1. The first-order chi connectivity index (χ1) is 12.3. The third-order valence-electron chi connectivity index (χ3n) is 4.23. The van der Waals surface area contributed by atoms with Crippen molar-refractivity contribution in [1.82, 2.24) is 0 Å². The summed E-state index contributed by atoms with van der Waals surface area (Å²) in [5.74, 6) is -0.00333. The van der Waals surface area contributed by atoms with Gasteiger partial charge in [0.1, 0.15) is 6.10 Å². The van der Waals surface area contributed by atoms with E-state index >= 15 is 0 Å². The first kappa shape index (κ1) is 18.9. The minimum absolute atomic E-state index is 0.0139. The number of ether oxygens (including phenoxy) is 1. The fraction of sp³-hybridized carbons (Fsp3) is 0.261. The Morgan fingerprint density at radius 3 is 2.24 bits per heavy atom. The predicted octanol–water partition coefficient (Wildman–Crippen LogP) is 5.61. The van der Waals surface area contributed by atoms with Crippen molar-refractivity contribution >= 4 is 5.78 Å². The Morgan fingerprint density at radius 1 is 1.00 bits per heavy atom. The van der Waals surface area contributed by atoms with Crippen LogP contribution in [0.3, 0.4) is 0 Å². The van der Waals surface area contributed by atoms with Crippen LogP contribution in [0.2, 0.25) is 0 Å². The summed E-state index contributed by atoms with van der Waals surface area (Å²) in [7, 11) is 0. The van der Waals surface area contributed by atoms with E-state index in [4.69, 9.17) is 4.74 Å². The summed E-state index contributed by atoms with van der Waals surface area (Å²) < 4.78 is 6.08. The molecule has 2 rings (SSSR count). The molecule has 25 heavy (non-hydrogen) atoms. The largest absolute Gasteiger partial charge is 0.365 e. The smallest absolute Gasteiger partial charge is 0.192 e. The van der Waals surface area contributed by atoms with Crippen LogP contribution in [0.1, 0.15) is 35.2 Å². The van der Waals surface area contributed by atoms with Gasteiger partial charge < -0.3 is 4.74 Å². The standard InChI is InChI=1S/C23H26O2/c1-3-5-8-15-20(4-2)23(22(24)21-16-11-7-12-17-21)25-18-19-13-9-6-10-14-19/h3-4,6-7,9-14,16-17,20,23H,1-2,5,8,15,18H2/t20-,23+/m1/s1. The normalized spacial score (nSPS) is 13.0. The third-order valence-corrected chi connectivity index (χ3v) is 4.23. The lowest BCUT2D eigenvalue weighted by atomic mass is 9.90. The quantitative estimate of drug-likeness (QED) is 0.303. The average molecular weight is 334 g/mol. The zero-order valence-corrected chi connectivity index (χ0v) is 14.6. The molecule has 0 unspecified atom stereocenters. The van der Waals surface area contributed by atoms with Crippen LogP contribution in [0.4, 0.5) is 0 Å². The lowest BCUT2D eigenvalue weighted by Crippen LogP contribution is -2.32. The van der Waals surface area contributed by atoms with Crippen molar-refractivity contribution in [2.45, 2.75) is 32.0 Å². The molecule has 0 heterocycles. The molecule has 130 valence electrons. The van der Waals surface area contributed by atoms with Crippen LogP contribution in [-0.4, -0.2) is 11.9 Å². The fourth-order valence-electron chi connectivity index (χ4n) is 2.81. The number of carbonyl (C=O) groups is 1. The summed E-state index contributed by atoms with van der Waals surface area (Å²) in [6.07, 6.45) is 5.97. The van der Waals surface area contributed by atoms with Crippen LogP contribution in [0.15, 0.2) is 86.0 Å². The summed E-state index contributed by atoms with van der Waals surface area (Å²) >= 11 is 0. The monoisotopic (exact) mass is 334 g/mol. The molecule has 0 fully saturated rings. The number of Topliss-reactive ketones (excluding diaryl/α,β-unsaturated/α-hetero) is 1. The molecule has 2 nitrogen and oxygen atoms in total. The number of hydrogen-bond acceptors (Lipinski definition) is 2. The van der Waals surface area contributed by atoms with E-state index in [-0.39, 0.29) is 11.7 Å². The Labute approximate surface area is 150 Å². The van der Waals surface area contributed by atoms with E-state index in [2.05, 4.69) is 13.2 Å². The Kier molecular flexibility index (Phi) is 7.87. The van der Waals surface area contributed by atoms with E-state index in [1.54, 1.807) is 0 Å². The van der Waals surface area contributed by atoms with Crippen LogP contribution < -0.4 is 0 Å². The van der Waals surface area contributed by atoms with Gasteiger partial charge in [0.05, 0.1) is 6.61 Å². The lowest BCUT2D eigenvalue weighted by Gasteiger charge is -2.24. The van der Waals surface area contributed by atoms with E-state index in [1.165, 1.54) is 0 Å². The molecule has 0 saturated carbocycles. The van der Waals surface area contributed by atoms with Crippen molar-refractivity contribution in [3.8, 4) is 0 Å². The van der Waals surface area contributed by atoms with Crippen LogP contribution >= 0.6 is 0 Å². The van der Waals surface area contributed by atoms with Gasteiger partial charge in [0.25, 0.3) is 0 Å². The van der Waals surface area contributed by atoms with Gasteiger partial charge in [-0.25, -0.2) is 0 Å². The maximum absolute atomic E-state index is 13.0. The van der Waals surface area contributed by atoms with Crippen LogP contribution in [0.25, 0.3) is 0 Å². The predicted molar refractivity (Wildman–Crippen MR) is 104 cm³/mol. The summed E-state index contributed by atoms with van der Waals surface area (Å²) in [5, 5.41) is 0. The van der Waals surface area contributed by atoms with Crippen molar-refractivity contribution in [2.24, 2.45) is 5.92 Å². The maximum Gasteiger partial charge on any atom is 0.192 e. The second kappa shape index (κ2) is 10.4. The van der Waals surface area contributed by atoms with Gasteiger partial charge in [-0.2, -0.15) is 0 Å². The molecule has 0 amide bonds. The number of carbonyl (C=O) groups excluding carboxylic acids is 1. The van der Waals surface area contributed by atoms with E-state index in [0.717, 1.165) is 24.8 Å². The molecular weight excluding hydrogens is 308 g/mol. The number of ketones is 1. The zero-order chi connectivity index (χ0) is 17.9. The number of rotatable bonds is 11.